The fourth-order valence-electron chi connectivity index (χ4n) is 3.92. The molecule has 1 fully saturated rings. The third-order valence-corrected chi connectivity index (χ3v) is 6.91. The maximum atomic E-state index is 14.1. The summed E-state index contributed by atoms with van der Waals surface area (Å²) in [5, 5.41) is 3.13. The summed E-state index contributed by atoms with van der Waals surface area (Å²) in [6.45, 7) is 18.9. The van der Waals surface area contributed by atoms with Gasteiger partial charge >= 0.3 is 0 Å². The summed E-state index contributed by atoms with van der Waals surface area (Å²) in [6, 6.07) is -0.133. The minimum absolute atomic E-state index is 0.0101. The Kier molecular flexibility index (Phi) is 6.89. The number of halogens is 1. The van der Waals surface area contributed by atoms with E-state index in [9.17, 15) is 4.39 Å². The molecule has 29 heavy (non-hydrogen) atoms. The molecule has 0 amide bonds. The Bertz CT molecular complexity index is 821. The molecule has 2 aliphatic rings. The quantitative estimate of drug-likeness (QED) is 0.549. The number of nitrogens with zero attached hydrogens (tertiary/aromatic N) is 1. The molecule has 0 aromatic carbocycles. The lowest BCUT2D eigenvalue weighted by atomic mass is 9.72. The van der Waals surface area contributed by atoms with E-state index in [-0.39, 0.29) is 17.4 Å². The molecule has 158 valence electrons. The van der Waals surface area contributed by atoms with E-state index in [1.807, 2.05) is 40.9 Å². The monoisotopic (exact) mass is 396 g/mol. The van der Waals surface area contributed by atoms with Gasteiger partial charge in [-0.2, -0.15) is 0 Å². The van der Waals surface area contributed by atoms with Crippen molar-refractivity contribution in [2.75, 3.05) is 14.1 Å². The van der Waals surface area contributed by atoms with Crippen LogP contribution in [0.1, 0.15) is 47.5 Å². The zero-order valence-corrected chi connectivity index (χ0v) is 19.2. The molecule has 2 nitrogen and oxygen atoms in total. The first-order chi connectivity index (χ1) is 13.5. The van der Waals surface area contributed by atoms with Gasteiger partial charge in [-0.05, 0) is 37.8 Å². The first kappa shape index (κ1) is 23.1. The summed E-state index contributed by atoms with van der Waals surface area (Å²) in [4.78, 5) is 2.08. The summed E-state index contributed by atoms with van der Waals surface area (Å²) >= 11 is 0. The van der Waals surface area contributed by atoms with Gasteiger partial charge in [0.05, 0.1) is 6.04 Å². The smallest absolute Gasteiger partial charge is 0.109 e. The number of likely N-dealkylation sites (N-methyl/N-ethyl adjacent to an activating group) is 2. The molecule has 0 heterocycles. The van der Waals surface area contributed by atoms with Crippen LogP contribution in [-0.4, -0.2) is 31.2 Å². The third-order valence-electron chi connectivity index (χ3n) is 6.91. The molecular weight excluding hydrogens is 359 g/mol. The number of hydrogen-bond acceptors (Lipinski definition) is 2. The van der Waals surface area contributed by atoms with Crippen molar-refractivity contribution in [1.82, 2.24) is 10.2 Å². The van der Waals surface area contributed by atoms with Crippen LogP contribution >= 0.6 is 0 Å². The van der Waals surface area contributed by atoms with Crippen LogP contribution < -0.4 is 5.32 Å². The SMILES string of the molecule is C=C(NC)C(N(C)C(=C)C1=CCC(C)(C(C)C#C/C(C)=C/C)C=C1)C1(C)CC1F. The first-order valence-electron chi connectivity index (χ1n) is 10.5. The molecule has 0 aliphatic heterocycles. The number of allylic oxidation sites excluding steroid dienone is 5. The van der Waals surface area contributed by atoms with Crippen molar-refractivity contribution in [1.29, 1.82) is 0 Å². The van der Waals surface area contributed by atoms with E-state index >= 15 is 0 Å². The van der Waals surface area contributed by atoms with Crippen LogP contribution in [0.4, 0.5) is 4.39 Å². The zero-order valence-electron chi connectivity index (χ0n) is 19.2. The van der Waals surface area contributed by atoms with Crippen molar-refractivity contribution in [3.63, 3.8) is 0 Å². The Labute approximate surface area is 177 Å². The third kappa shape index (κ3) is 4.69. The average molecular weight is 397 g/mol. The van der Waals surface area contributed by atoms with E-state index in [1.165, 1.54) is 0 Å². The van der Waals surface area contributed by atoms with Gasteiger partial charge in [-0.25, -0.2) is 4.39 Å². The lowest BCUT2D eigenvalue weighted by molar-refractivity contribution is 0.212. The van der Waals surface area contributed by atoms with Crippen LogP contribution in [0, 0.1) is 28.6 Å². The Morgan fingerprint density at radius 3 is 2.48 bits per heavy atom. The standard InChI is InChI=1S/C26H37FN2/c1-10-18(2)11-12-19(3)25(6)15-13-22(14-16-25)21(5)29(9)24(20(4)28-8)26(7)17-23(26)27/h10,13-15,19,23-24,28H,4-5,16-17H2,1-3,6-9H3/b18-10+. The molecule has 0 spiro atoms. The lowest BCUT2D eigenvalue weighted by Crippen LogP contribution is -2.43. The normalized spacial score (nSPS) is 30.4. The minimum atomic E-state index is -0.799. The Morgan fingerprint density at radius 2 is 2.03 bits per heavy atom. The van der Waals surface area contributed by atoms with Crippen molar-refractivity contribution in [2.24, 2.45) is 16.7 Å². The van der Waals surface area contributed by atoms with Gasteiger partial charge in [0.2, 0.25) is 0 Å². The maximum Gasteiger partial charge on any atom is 0.109 e. The average Bonchev–Trinajstić information content (AvgIpc) is 3.31. The molecule has 2 aliphatic carbocycles. The van der Waals surface area contributed by atoms with Crippen LogP contribution in [0.2, 0.25) is 0 Å². The predicted molar refractivity (Wildman–Crippen MR) is 123 cm³/mol. The van der Waals surface area contributed by atoms with Crippen LogP contribution in [-0.2, 0) is 0 Å². The number of alkyl halides is 1. The van der Waals surface area contributed by atoms with Crippen LogP contribution in [0.3, 0.4) is 0 Å². The van der Waals surface area contributed by atoms with Gasteiger partial charge in [-0.1, -0.05) is 70.1 Å². The highest BCUT2D eigenvalue weighted by Crippen LogP contribution is 2.54. The summed E-state index contributed by atoms with van der Waals surface area (Å²) in [7, 11) is 3.83. The molecule has 0 radical (unpaired) electrons. The second kappa shape index (κ2) is 8.66. The number of hydrogen-bond donors (Lipinski definition) is 1. The van der Waals surface area contributed by atoms with Crippen LogP contribution in [0.5, 0.6) is 0 Å². The molecule has 1 saturated carbocycles. The molecule has 0 aromatic rings. The highest BCUT2D eigenvalue weighted by Gasteiger charge is 2.58. The van der Waals surface area contributed by atoms with E-state index in [0.29, 0.717) is 6.42 Å². The van der Waals surface area contributed by atoms with Crippen LogP contribution in [0.15, 0.2) is 60.0 Å². The minimum Gasteiger partial charge on any atom is -0.390 e. The number of nitrogens with one attached hydrogen (secondary N) is 1. The van der Waals surface area contributed by atoms with Crippen molar-refractivity contribution >= 4 is 0 Å². The fraction of sp³-hybridized carbons (Fsp3) is 0.538. The number of rotatable bonds is 7. The highest BCUT2D eigenvalue weighted by atomic mass is 19.1. The maximum absolute atomic E-state index is 14.1. The largest absolute Gasteiger partial charge is 0.390 e. The molecule has 5 atom stereocenters. The van der Waals surface area contributed by atoms with Gasteiger partial charge in [0.1, 0.15) is 6.17 Å². The van der Waals surface area contributed by atoms with E-state index in [2.05, 4.69) is 67.3 Å². The van der Waals surface area contributed by atoms with Gasteiger partial charge in [0.25, 0.3) is 0 Å². The molecule has 0 saturated heterocycles. The van der Waals surface area contributed by atoms with E-state index in [4.69, 9.17) is 0 Å². The van der Waals surface area contributed by atoms with Crippen molar-refractivity contribution in [3.05, 3.63) is 60.0 Å². The van der Waals surface area contributed by atoms with Crippen molar-refractivity contribution in [2.45, 2.75) is 59.7 Å². The van der Waals surface area contributed by atoms with Crippen molar-refractivity contribution < 1.29 is 4.39 Å². The van der Waals surface area contributed by atoms with Crippen molar-refractivity contribution in [3.8, 4) is 11.8 Å². The second-order valence-corrected chi connectivity index (χ2v) is 9.08. The van der Waals surface area contributed by atoms with Gasteiger partial charge in [-0.3, -0.25) is 0 Å². The molecule has 1 N–H and O–H groups in total. The summed E-state index contributed by atoms with van der Waals surface area (Å²) in [5.41, 5.74) is 3.48. The lowest BCUT2D eigenvalue weighted by Gasteiger charge is -2.39. The predicted octanol–water partition coefficient (Wildman–Crippen LogP) is 5.78. The zero-order chi connectivity index (χ0) is 22.0. The van der Waals surface area contributed by atoms with E-state index in [1.54, 1.807) is 0 Å². The summed E-state index contributed by atoms with van der Waals surface area (Å²) in [6.07, 6.45) is 9.33. The highest BCUT2D eigenvalue weighted by molar-refractivity contribution is 5.43. The van der Waals surface area contributed by atoms with Crippen LogP contribution in [0.25, 0.3) is 0 Å². The molecule has 5 unspecified atom stereocenters. The van der Waals surface area contributed by atoms with Gasteiger partial charge < -0.3 is 10.2 Å². The molecular formula is C26H37FN2. The van der Waals surface area contributed by atoms with Gasteiger partial charge in [0, 0.05) is 42.2 Å². The Hall–Kier alpha value is -2.21. The second-order valence-electron chi connectivity index (χ2n) is 9.08. The molecule has 0 aromatic heterocycles. The molecule has 0 bridgehead atoms. The Balaban J connectivity index is 2.16. The van der Waals surface area contributed by atoms with E-state index < -0.39 is 11.6 Å². The first-order valence-corrected chi connectivity index (χ1v) is 10.5. The topological polar surface area (TPSA) is 15.3 Å². The van der Waals surface area contributed by atoms with Gasteiger partial charge in [0.15, 0.2) is 0 Å². The van der Waals surface area contributed by atoms with Gasteiger partial charge in [-0.15, -0.1) is 0 Å². The molecule has 3 heteroatoms. The molecule has 2 rings (SSSR count). The van der Waals surface area contributed by atoms with E-state index in [0.717, 1.165) is 29.0 Å². The Morgan fingerprint density at radius 1 is 1.41 bits per heavy atom. The summed E-state index contributed by atoms with van der Waals surface area (Å²) < 4.78 is 14.1. The summed E-state index contributed by atoms with van der Waals surface area (Å²) in [5.74, 6) is 6.88. The fourth-order valence-corrected chi connectivity index (χ4v) is 3.92.